The summed E-state index contributed by atoms with van der Waals surface area (Å²) < 4.78 is 0. The summed E-state index contributed by atoms with van der Waals surface area (Å²) in [6.07, 6.45) is 3.86. The van der Waals surface area contributed by atoms with Crippen molar-refractivity contribution in [2.24, 2.45) is 0 Å². The van der Waals surface area contributed by atoms with E-state index < -0.39 is 5.60 Å². The van der Waals surface area contributed by atoms with Crippen molar-refractivity contribution in [2.45, 2.75) is 44.6 Å². The Labute approximate surface area is 137 Å². The minimum Gasteiger partial charge on any atom is -0.388 e. The zero-order valence-electron chi connectivity index (χ0n) is 14.2. The van der Waals surface area contributed by atoms with Crippen LogP contribution in [-0.4, -0.2) is 48.1 Å². The second-order valence-corrected chi connectivity index (χ2v) is 6.42. The molecule has 1 aliphatic rings. The molecule has 23 heavy (non-hydrogen) atoms. The normalized spacial score (nSPS) is 16.2. The van der Waals surface area contributed by atoms with E-state index in [0.29, 0.717) is 24.2 Å². The van der Waals surface area contributed by atoms with Gasteiger partial charge in [0.05, 0.1) is 16.9 Å². The molecule has 5 nitrogen and oxygen atoms in total. The van der Waals surface area contributed by atoms with Crippen molar-refractivity contribution in [2.75, 3.05) is 25.5 Å². The maximum atomic E-state index is 12.8. The summed E-state index contributed by atoms with van der Waals surface area (Å²) >= 11 is 0. The van der Waals surface area contributed by atoms with Gasteiger partial charge >= 0.3 is 0 Å². The molecule has 1 N–H and O–H groups in total. The van der Waals surface area contributed by atoms with Gasteiger partial charge in [0.2, 0.25) is 5.91 Å². The zero-order chi connectivity index (χ0) is 17.0. The van der Waals surface area contributed by atoms with E-state index in [4.69, 9.17) is 0 Å². The minimum absolute atomic E-state index is 0.0395. The lowest BCUT2D eigenvalue weighted by atomic mass is 10.0. The van der Waals surface area contributed by atoms with Gasteiger partial charge in [-0.3, -0.25) is 9.59 Å². The van der Waals surface area contributed by atoms with Gasteiger partial charge in [-0.1, -0.05) is 31.9 Å². The van der Waals surface area contributed by atoms with Crippen LogP contribution < -0.4 is 4.90 Å². The third-order valence-electron chi connectivity index (χ3n) is 4.58. The van der Waals surface area contributed by atoms with E-state index in [1.165, 1.54) is 4.90 Å². The molecule has 0 aliphatic heterocycles. The van der Waals surface area contributed by atoms with E-state index in [0.717, 1.165) is 25.7 Å². The summed E-state index contributed by atoms with van der Waals surface area (Å²) in [5.74, 6) is -0.209. The van der Waals surface area contributed by atoms with Crippen LogP contribution in [-0.2, 0) is 4.79 Å². The van der Waals surface area contributed by atoms with Crippen LogP contribution in [0.3, 0.4) is 0 Å². The first kappa shape index (κ1) is 17.5. The summed E-state index contributed by atoms with van der Waals surface area (Å²) in [5.41, 5.74) is 0.320. The molecule has 2 amide bonds. The average Bonchev–Trinajstić information content (AvgIpc) is 2.98. The van der Waals surface area contributed by atoms with E-state index in [2.05, 4.69) is 0 Å². The molecule has 0 aromatic heterocycles. The standard InChI is InChI=1S/C18H26N2O3/c1-4-16(21)20(3)15-10-6-5-9-14(15)17(22)19(2)13-18(23)11-7-8-12-18/h5-6,9-10,23H,4,7-8,11-13H2,1-3H3. The number of carbonyl (C=O) groups is 2. The molecule has 0 saturated heterocycles. The third-order valence-corrected chi connectivity index (χ3v) is 4.58. The summed E-state index contributed by atoms with van der Waals surface area (Å²) in [6.45, 7) is 2.12. The van der Waals surface area contributed by atoms with E-state index in [1.807, 2.05) is 6.07 Å². The fraction of sp³-hybridized carbons (Fsp3) is 0.556. The van der Waals surface area contributed by atoms with Crippen LogP contribution in [0, 0.1) is 0 Å². The Balaban J connectivity index is 2.20. The SMILES string of the molecule is CCC(=O)N(C)c1ccccc1C(=O)N(C)CC1(O)CCCC1. The predicted molar refractivity (Wildman–Crippen MR) is 90.5 cm³/mol. The molecular weight excluding hydrogens is 292 g/mol. The van der Waals surface area contributed by atoms with Crippen molar-refractivity contribution >= 4 is 17.5 Å². The number of nitrogens with zero attached hydrogens (tertiary/aromatic N) is 2. The van der Waals surface area contributed by atoms with Crippen molar-refractivity contribution in [3.63, 3.8) is 0 Å². The average molecular weight is 318 g/mol. The van der Waals surface area contributed by atoms with Crippen molar-refractivity contribution in [3.8, 4) is 0 Å². The molecular formula is C18H26N2O3. The van der Waals surface area contributed by atoms with Gasteiger partial charge in [-0.05, 0) is 25.0 Å². The molecule has 0 radical (unpaired) electrons. The highest BCUT2D eigenvalue weighted by atomic mass is 16.3. The highest BCUT2D eigenvalue weighted by Crippen LogP contribution is 2.30. The zero-order valence-corrected chi connectivity index (χ0v) is 14.2. The molecule has 0 atom stereocenters. The highest BCUT2D eigenvalue weighted by molar-refractivity contribution is 6.04. The number of hydrogen-bond donors (Lipinski definition) is 1. The highest BCUT2D eigenvalue weighted by Gasteiger charge is 2.34. The molecule has 2 rings (SSSR count). The second kappa shape index (κ2) is 7.13. The molecule has 0 heterocycles. The molecule has 1 aromatic rings. The number of anilines is 1. The molecule has 1 aromatic carbocycles. The summed E-state index contributed by atoms with van der Waals surface area (Å²) in [7, 11) is 3.39. The van der Waals surface area contributed by atoms with E-state index in [9.17, 15) is 14.7 Å². The van der Waals surface area contributed by atoms with E-state index >= 15 is 0 Å². The smallest absolute Gasteiger partial charge is 0.255 e. The van der Waals surface area contributed by atoms with Crippen molar-refractivity contribution in [1.29, 1.82) is 0 Å². The number of para-hydroxylation sites is 1. The maximum absolute atomic E-state index is 12.8. The molecule has 0 spiro atoms. The molecule has 0 bridgehead atoms. The number of carbonyl (C=O) groups excluding carboxylic acids is 2. The number of aliphatic hydroxyl groups is 1. The number of rotatable bonds is 5. The van der Waals surface area contributed by atoms with Crippen LogP contribution in [0.4, 0.5) is 5.69 Å². The monoisotopic (exact) mass is 318 g/mol. The largest absolute Gasteiger partial charge is 0.388 e. The van der Waals surface area contributed by atoms with Gasteiger partial charge in [0.25, 0.3) is 5.91 Å². The van der Waals surface area contributed by atoms with Crippen molar-refractivity contribution in [1.82, 2.24) is 4.90 Å². The second-order valence-electron chi connectivity index (χ2n) is 6.42. The number of likely N-dealkylation sites (N-methyl/N-ethyl adjacent to an activating group) is 1. The third kappa shape index (κ3) is 3.91. The first-order valence-electron chi connectivity index (χ1n) is 8.21. The van der Waals surface area contributed by atoms with Gasteiger partial charge in [-0.25, -0.2) is 0 Å². The lowest BCUT2D eigenvalue weighted by Crippen LogP contribution is -2.42. The molecule has 1 aliphatic carbocycles. The van der Waals surface area contributed by atoms with Gasteiger partial charge in [0.15, 0.2) is 0 Å². The summed E-state index contributed by atoms with van der Waals surface area (Å²) in [5, 5.41) is 10.5. The summed E-state index contributed by atoms with van der Waals surface area (Å²) in [4.78, 5) is 27.8. The van der Waals surface area contributed by atoms with Gasteiger partial charge < -0.3 is 14.9 Å². The van der Waals surface area contributed by atoms with Crippen LogP contribution in [0.15, 0.2) is 24.3 Å². The Bertz CT molecular complexity index is 579. The van der Waals surface area contributed by atoms with Gasteiger partial charge in [0.1, 0.15) is 0 Å². The maximum Gasteiger partial charge on any atom is 0.255 e. The van der Waals surface area contributed by atoms with Crippen LogP contribution in [0.25, 0.3) is 0 Å². The van der Waals surface area contributed by atoms with E-state index in [-0.39, 0.29) is 11.8 Å². The Hall–Kier alpha value is -1.88. The van der Waals surface area contributed by atoms with Gasteiger partial charge in [-0.2, -0.15) is 0 Å². The first-order chi connectivity index (χ1) is 10.9. The van der Waals surface area contributed by atoms with Gasteiger partial charge in [0, 0.05) is 27.1 Å². The Kier molecular flexibility index (Phi) is 5.42. The van der Waals surface area contributed by atoms with Crippen LogP contribution in [0.1, 0.15) is 49.4 Å². The molecule has 1 fully saturated rings. The topological polar surface area (TPSA) is 60.9 Å². The number of hydrogen-bond acceptors (Lipinski definition) is 3. The quantitative estimate of drug-likeness (QED) is 0.907. The molecule has 1 saturated carbocycles. The van der Waals surface area contributed by atoms with Crippen molar-refractivity contribution < 1.29 is 14.7 Å². The lowest BCUT2D eigenvalue weighted by Gasteiger charge is -2.29. The number of benzene rings is 1. The molecule has 126 valence electrons. The van der Waals surface area contributed by atoms with Gasteiger partial charge in [-0.15, -0.1) is 0 Å². The summed E-state index contributed by atoms with van der Waals surface area (Å²) in [6, 6.07) is 7.11. The van der Waals surface area contributed by atoms with Crippen LogP contribution in [0.5, 0.6) is 0 Å². The Morgan fingerprint density at radius 3 is 2.39 bits per heavy atom. The molecule has 0 unspecified atom stereocenters. The Morgan fingerprint density at radius 1 is 1.17 bits per heavy atom. The minimum atomic E-state index is -0.773. The Morgan fingerprint density at radius 2 is 1.78 bits per heavy atom. The molecule has 5 heteroatoms. The fourth-order valence-electron chi connectivity index (χ4n) is 3.23. The van der Waals surface area contributed by atoms with Crippen LogP contribution >= 0.6 is 0 Å². The lowest BCUT2D eigenvalue weighted by molar-refractivity contribution is -0.118. The number of amides is 2. The predicted octanol–water partition coefficient (Wildman–Crippen LogP) is 2.44. The first-order valence-corrected chi connectivity index (χ1v) is 8.21. The fourth-order valence-corrected chi connectivity index (χ4v) is 3.23. The van der Waals surface area contributed by atoms with Crippen LogP contribution in [0.2, 0.25) is 0 Å². The van der Waals surface area contributed by atoms with Crippen molar-refractivity contribution in [3.05, 3.63) is 29.8 Å². The van der Waals surface area contributed by atoms with E-state index in [1.54, 1.807) is 44.1 Å².